The molecule has 2 N–H and O–H groups in total. The maximum atomic E-state index is 8.07. The molecule has 0 spiro atoms. The van der Waals surface area contributed by atoms with Gasteiger partial charge in [-0.3, -0.25) is 0 Å². The van der Waals surface area contributed by atoms with Crippen LogP contribution >= 0.6 is 17.0 Å². The summed E-state index contributed by atoms with van der Waals surface area (Å²) < 4.78 is 0. The number of nitrogens with one attached hydrogen (secondary N) is 1. The zero-order valence-corrected chi connectivity index (χ0v) is 18.6. The molecule has 0 atom stereocenters. The number of fused-ring (bicyclic) bond motifs is 1. The van der Waals surface area contributed by atoms with E-state index in [4.69, 9.17) is 27.9 Å². The predicted octanol–water partition coefficient (Wildman–Crippen LogP) is 5.92. The quantitative estimate of drug-likeness (QED) is 0.460. The van der Waals surface area contributed by atoms with Gasteiger partial charge < -0.3 is 10.8 Å². The van der Waals surface area contributed by atoms with Gasteiger partial charge in [0, 0.05) is 16.1 Å². The molecule has 122 valence electrons. The van der Waals surface area contributed by atoms with Gasteiger partial charge in [0.1, 0.15) is 0 Å². The van der Waals surface area contributed by atoms with Crippen molar-refractivity contribution in [3.05, 3.63) is 48.2 Å². The Balaban J connectivity index is 0. The third kappa shape index (κ3) is 20.4. The molecule has 0 aliphatic heterocycles. The second-order valence-electron chi connectivity index (χ2n) is 5.30. The Morgan fingerprint density at radius 2 is 1.73 bits per heavy atom. The minimum Gasteiger partial charge on any atom is -0.168 e. The van der Waals surface area contributed by atoms with Crippen LogP contribution in [0.2, 0.25) is 12.6 Å². The molecule has 0 aliphatic rings. The monoisotopic (exact) mass is 435 g/mol. The molecule has 0 aromatic heterocycles. The van der Waals surface area contributed by atoms with Crippen molar-refractivity contribution in [1.82, 2.24) is 0 Å². The molecule has 0 saturated carbocycles. The summed E-state index contributed by atoms with van der Waals surface area (Å²) >= 11 is -0.826. The summed E-state index contributed by atoms with van der Waals surface area (Å²) in [6.45, 7) is 8.00. The van der Waals surface area contributed by atoms with E-state index in [2.05, 4.69) is 49.0 Å². The van der Waals surface area contributed by atoms with Gasteiger partial charge in [0.25, 0.3) is 0 Å². The molecular formula is C16H25Cl2NOSiZr. The molecule has 2 aromatic rings. The molecule has 0 heterocycles. The molecule has 0 fully saturated rings. The van der Waals surface area contributed by atoms with Crippen molar-refractivity contribution < 1.29 is 26.0 Å². The summed E-state index contributed by atoms with van der Waals surface area (Å²) in [6, 6.07) is 15.6. The first-order valence-electron chi connectivity index (χ1n) is 6.87. The molecule has 2 rings (SSSR count). The molecule has 0 unspecified atom stereocenters. The number of hydrogen-bond acceptors (Lipinski definition) is 1. The van der Waals surface area contributed by atoms with Crippen LogP contribution in [0, 0.1) is 0 Å². The maximum Gasteiger partial charge on any atom is -0.0809 e. The number of rotatable bonds is 2. The zero-order chi connectivity index (χ0) is 17.4. The first-order chi connectivity index (χ1) is 10.3. The zero-order valence-electron chi connectivity index (χ0n) is 13.7. The van der Waals surface area contributed by atoms with Crippen LogP contribution in [0.3, 0.4) is 0 Å². The molecule has 0 amide bonds. The van der Waals surface area contributed by atoms with Gasteiger partial charge in [-0.15, -0.1) is 35.2 Å². The Labute approximate surface area is 156 Å². The Bertz CT molecular complexity index is 422. The van der Waals surface area contributed by atoms with E-state index >= 15 is 0 Å². The van der Waals surface area contributed by atoms with Crippen LogP contribution in [0.5, 0.6) is 0 Å². The number of aliphatic hydroxyl groups is 1. The van der Waals surface area contributed by atoms with Crippen LogP contribution in [0.25, 0.3) is 16.5 Å². The SMILES string of the molecule is CC(C)(C)[NH-].C[Si]CCO.[Cl][Zr+2][Cl].c1ccc2[cH-]ccc2c1. The topological polar surface area (TPSA) is 44.0 Å². The fourth-order valence-electron chi connectivity index (χ4n) is 1.18. The molecule has 2 radical (unpaired) electrons. The van der Waals surface area contributed by atoms with Crippen LogP contribution < -0.4 is 0 Å². The Morgan fingerprint density at radius 3 is 2.09 bits per heavy atom. The minimum atomic E-state index is -0.826. The van der Waals surface area contributed by atoms with E-state index in [0.717, 1.165) is 15.6 Å². The van der Waals surface area contributed by atoms with E-state index in [-0.39, 0.29) is 5.54 Å². The third-order valence-corrected chi connectivity index (χ3v) is 2.63. The summed E-state index contributed by atoms with van der Waals surface area (Å²) in [6.07, 6.45) is 0. The van der Waals surface area contributed by atoms with Gasteiger partial charge in [0.05, 0.1) is 0 Å². The molecule has 2 aromatic carbocycles. The maximum absolute atomic E-state index is 8.07. The van der Waals surface area contributed by atoms with Crippen LogP contribution in [0.1, 0.15) is 20.8 Å². The Morgan fingerprint density at radius 1 is 1.23 bits per heavy atom. The van der Waals surface area contributed by atoms with Gasteiger partial charge in [-0.05, 0) is 6.04 Å². The number of hydrogen-bond donors (Lipinski definition) is 1. The van der Waals surface area contributed by atoms with E-state index in [0.29, 0.717) is 6.61 Å². The smallest absolute Gasteiger partial charge is 0.0809 e. The fraction of sp³-hybridized carbons (Fsp3) is 0.438. The summed E-state index contributed by atoms with van der Waals surface area (Å²) in [5, 5.41) is 10.7. The van der Waals surface area contributed by atoms with Crippen molar-refractivity contribution in [1.29, 1.82) is 0 Å². The number of halogens is 2. The van der Waals surface area contributed by atoms with Gasteiger partial charge in [0.2, 0.25) is 0 Å². The number of aliphatic hydroxyl groups excluding tert-OH is 1. The largest absolute Gasteiger partial charge is 0.168 e. The first-order valence-corrected chi connectivity index (χ1v) is 14.9. The fourth-order valence-corrected chi connectivity index (χ4v) is 1.41. The summed E-state index contributed by atoms with van der Waals surface area (Å²) in [5.74, 6) is 0. The molecule has 2 nitrogen and oxygen atoms in total. The van der Waals surface area contributed by atoms with Crippen LogP contribution in [0.15, 0.2) is 42.5 Å². The molecule has 22 heavy (non-hydrogen) atoms. The van der Waals surface area contributed by atoms with Crippen LogP contribution in [-0.4, -0.2) is 26.8 Å². The normalized spacial score (nSPS) is 9.27. The van der Waals surface area contributed by atoms with E-state index in [1.165, 1.54) is 10.8 Å². The van der Waals surface area contributed by atoms with Gasteiger partial charge in [-0.2, -0.15) is 17.5 Å². The average Bonchev–Trinajstić information content (AvgIpc) is 2.87. The van der Waals surface area contributed by atoms with Gasteiger partial charge >= 0.3 is 37.9 Å². The van der Waals surface area contributed by atoms with E-state index in [1.807, 2.05) is 20.8 Å². The Hall–Kier alpha value is 0.430. The molecule has 6 heteroatoms. The second-order valence-corrected chi connectivity index (χ2v) is 10.2. The van der Waals surface area contributed by atoms with Crippen molar-refractivity contribution in [2.45, 2.75) is 38.9 Å². The van der Waals surface area contributed by atoms with Crippen LogP contribution in [0.4, 0.5) is 0 Å². The van der Waals surface area contributed by atoms with Crippen LogP contribution in [-0.2, 0) is 20.8 Å². The third-order valence-electron chi connectivity index (χ3n) is 1.91. The molecule has 0 saturated heterocycles. The van der Waals surface area contributed by atoms with Gasteiger partial charge in [-0.25, -0.2) is 0 Å². The minimum absolute atomic E-state index is 0.250. The molecular weight excluding hydrogens is 412 g/mol. The standard InChI is InChI=1S/C9H7.C4H10N.C3H8OSi.2ClH.Zr/c1-2-5-9-7-3-6-8(9)4-1;1-4(2,3)5;1-5-3-2-4;;;/h1-7H;5H,1-3H3;4H,2-3H2,1H3;2*1H;/q2*-1;;;;+4/p-2. The average molecular weight is 438 g/mol. The Kier molecular flexibility index (Phi) is 18.3. The summed E-state index contributed by atoms with van der Waals surface area (Å²) in [4.78, 5) is 0. The predicted molar refractivity (Wildman–Crippen MR) is 98.8 cm³/mol. The van der Waals surface area contributed by atoms with Crippen molar-refractivity contribution in [2.75, 3.05) is 6.61 Å². The summed E-state index contributed by atoms with van der Waals surface area (Å²) in [7, 11) is 10.8. The van der Waals surface area contributed by atoms with Gasteiger partial charge in [0.15, 0.2) is 0 Å². The van der Waals surface area contributed by atoms with E-state index < -0.39 is 20.8 Å². The van der Waals surface area contributed by atoms with Gasteiger partial charge in [-0.1, -0.05) is 33.4 Å². The van der Waals surface area contributed by atoms with Crippen molar-refractivity contribution in [3.63, 3.8) is 0 Å². The van der Waals surface area contributed by atoms with Crippen molar-refractivity contribution >= 4 is 37.3 Å². The molecule has 0 bridgehead atoms. The summed E-state index contributed by atoms with van der Waals surface area (Å²) in [5.41, 5.74) is 6.69. The second kappa shape index (κ2) is 16.3. The van der Waals surface area contributed by atoms with Crippen molar-refractivity contribution in [2.24, 2.45) is 0 Å². The first kappa shape index (κ1) is 24.7. The number of benzene rings is 1. The van der Waals surface area contributed by atoms with E-state index in [9.17, 15) is 0 Å². The van der Waals surface area contributed by atoms with Crippen molar-refractivity contribution in [3.8, 4) is 0 Å². The van der Waals surface area contributed by atoms with E-state index in [1.54, 1.807) is 0 Å². The molecule has 0 aliphatic carbocycles.